The summed E-state index contributed by atoms with van der Waals surface area (Å²) >= 11 is 0. The molecule has 1 fully saturated rings. The molecule has 7 nitrogen and oxygen atoms in total. The van der Waals surface area contributed by atoms with Gasteiger partial charge in [-0.1, -0.05) is 0 Å². The summed E-state index contributed by atoms with van der Waals surface area (Å²) in [5, 5.41) is 7.42. The van der Waals surface area contributed by atoms with E-state index in [2.05, 4.69) is 24.3 Å². The summed E-state index contributed by atoms with van der Waals surface area (Å²) in [5.74, 6) is 0.491. The van der Waals surface area contributed by atoms with Crippen LogP contribution in [0.25, 0.3) is 0 Å². The van der Waals surface area contributed by atoms with Crippen molar-refractivity contribution in [1.29, 1.82) is 0 Å². The van der Waals surface area contributed by atoms with E-state index in [1.54, 1.807) is 0 Å². The number of hydrogen-bond acceptors (Lipinski definition) is 5. The molecule has 1 aliphatic rings. The predicted octanol–water partition coefficient (Wildman–Crippen LogP) is 0.824. The van der Waals surface area contributed by atoms with E-state index >= 15 is 0 Å². The zero-order valence-corrected chi connectivity index (χ0v) is 16.5. The largest absolute Gasteiger partial charge is 0.356 e. The Hall–Kier alpha value is -1.41. The van der Waals surface area contributed by atoms with Crippen LogP contribution in [0.4, 0.5) is 0 Å². The molecule has 8 heteroatoms. The van der Waals surface area contributed by atoms with Crippen LogP contribution in [-0.4, -0.2) is 66.7 Å². The molecule has 1 atom stereocenters. The minimum atomic E-state index is -2.88. The van der Waals surface area contributed by atoms with Crippen LogP contribution in [-0.2, 0) is 21.2 Å². The molecule has 2 rings (SSSR count). The number of amides is 1. The summed E-state index contributed by atoms with van der Waals surface area (Å²) in [6.45, 7) is 8.14. The number of hydrogen-bond donors (Lipinski definition) is 1. The van der Waals surface area contributed by atoms with Gasteiger partial charge >= 0.3 is 0 Å². The first kappa shape index (κ1) is 19.9. The van der Waals surface area contributed by atoms with Gasteiger partial charge < -0.3 is 10.2 Å². The summed E-state index contributed by atoms with van der Waals surface area (Å²) in [6, 6.07) is 0.0482. The molecule has 1 aliphatic heterocycles. The number of aryl methyl sites for hydroxylation is 2. The Morgan fingerprint density at radius 1 is 1.36 bits per heavy atom. The van der Waals surface area contributed by atoms with Crippen molar-refractivity contribution in [3.8, 4) is 0 Å². The maximum atomic E-state index is 11.9. The Balaban J connectivity index is 1.63. The lowest BCUT2D eigenvalue weighted by Gasteiger charge is -2.22. The molecule has 0 aliphatic carbocycles. The molecule has 0 spiro atoms. The number of carbonyl (C=O) groups is 1. The standard InChI is InChI=1S/C17H30N4O3S/c1-13-14(2)19-21(15(13)3)9-5-8-18-17(22)6-10-20(4)16-7-11-25(23,24)12-16/h16H,5-12H2,1-4H3,(H,18,22). The smallest absolute Gasteiger partial charge is 0.221 e. The molecule has 0 radical (unpaired) electrons. The van der Waals surface area contributed by atoms with Crippen molar-refractivity contribution in [1.82, 2.24) is 20.0 Å². The zero-order valence-electron chi connectivity index (χ0n) is 15.7. The van der Waals surface area contributed by atoms with E-state index in [4.69, 9.17) is 0 Å². The second kappa shape index (κ2) is 8.31. The first-order chi connectivity index (χ1) is 11.7. The second-order valence-corrected chi connectivity index (χ2v) is 9.24. The van der Waals surface area contributed by atoms with E-state index in [0.717, 1.165) is 18.7 Å². The van der Waals surface area contributed by atoms with Crippen LogP contribution >= 0.6 is 0 Å². The first-order valence-electron chi connectivity index (χ1n) is 8.87. The molecule has 25 heavy (non-hydrogen) atoms. The second-order valence-electron chi connectivity index (χ2n) is 7.01. The van der Waals surface area contributed by atoms with E-state index in [1.807, 2.05) is 23.6 Å². The van der Waals surface area contributed by atoms with Crippen molar-refractivity contribution in [2.24, 2.45) is 0 Å². The van der Waals surface area contributed by atoms with Gasteiger partial charge in [0.15, 0.2) is 9.84 Å². The molecular weight excluding hydrogens is 340 g/mol. The van der Waals surface area contributed by atoms with Gasteiger partial charge in [0, 0.05) is 37.8 Å². The van der Waals surface area contributed by atoms with Crippen LogP contribution < -0.4 is 5.32 Å². The molecule has 0 bridgehead atoms. The van der Waals surface area contributed by atoms with E-state index in [9.17, 15) is 13.2 Å². The molecule has 1 unspecified atom stereocenters. The highest BCUT2D eigenvalue weighted by Gasteiger charge is 2.30. The third kappa shape index (κ3) is 5.54. The molecular formula is C17H30N4O3S. The van der Waals surface area contributed by atoms with Crippen molar-refractivity contribution in [3.63, 3.8) is 0 Å². The highest BCUT2D eigenvalue weighted by molar-refractivity contribution is 7.91. The number of aromatic nitrogens is 2. The number of nitrogens with zero attached hydrogens (tertiary/aromatic N) is 3. The lowest BCUT2D eigenvalue weighted by atomic mass is 10.2. The molecule has 0 aromatic carbocycles. The maximum Gasteiger partial charge on any atom is 0.221 e. The fraction of sp³-hybridized carbons (Fsp3) is 0.765. The molecule has 1 amide bonds. The normalized spacial score (nSPS) is 19.5. The van der Waals surface area contributed by atoms with Crippen LogP contribution in [0.5, 0.6) is 0 Å². The van der Waals surface area contributed by atoms with Crippen molar-refractivity contribution in [3.05, 3.63) is 17.0 Å². The van der Waals surface area contributed by atoms with Gasteiger partial charge in [0.2, 0.25) is 5.91 Å². The average molecular weight is 371 g/mol. The first-order valence-corrected chi connectivity index (χ1v) is 10.7. The van der Waals surface area contributed by atoms with Crippen LogP contribution in [0.15, 0.2) is 0 Å². The Morgan fingerprint density at radius 3 is 2.64 bits per heavy atom. The highest BCUT2D eigenvalue weighted by atomic mass is 32.2. The lowest BCUT2D eigenvalue weighted by molar-refractivity contribution is -0.121. The van der Waals surface area contributed by atoms with Crippen molar-refractivity contribution >= 4 is 15.7 Å². The molecule has 2 heterocycles. The van der Waals surface area contributed by atoms with Gasteiger partial charge in [0.1, 0.15) is 0 Å². The Morgan fingerprint density at radius 2 is 2.08 bits per heavy atom. The van der Waals surface area contributed by atoms with Crippen LogP contribution in [0.2, 0.25) is 0 Å². The number of nitrogens with one attached hydrogen (secondary N) is 1. The quantitative estimate of drug-likeness (QED) is 0.685. The number of sulfone groups is 1. The Kier molecular flexibility index (Phi) is 6.62. The van der Waals surface area contributed by atoms with Crippen molar-refractivity contribution < 1.29 is 13.2 Å². The van der Waals surface area contributed by atoms with Gasteiger partial charge in [-0.05, 0) is 46.2 Å². The molecule has 1 saturated heterocycles. The van der Waals surface area contributed by atoms with Gasteiger partial charge in [0.05, 0.1) is 17.2 Å². The summed E-state index contributed by atoms with van der Waals surface area (Å²) < 4.78 is 25.0. The third-order valence-corrected chi connectivity index (χ3v) is 6.89. The Labute approximate surface area is 150 Å². The van der Waals surface area contributed by atoms with Gasteiger partial charge in [-0.25, -0.2) is 8.42 Å². The van der Waals surface area contributed by atoms with Gasteiger partial charge in [0.25, 0.3) is 0 Å². The fourth-order valence-electron chi connectivity index (χ4n) is 3.13. The van der Waals surface area contributed by atoms with E-state index in [-0.39, 0.29) is 23.5 Å². The SMILES string of the molecule is Cc1nn(CCCNC(=O)CCN(C)C2CCS(=O)(=O)C2)c(C)c1C. The topological polar surface area (TPSA) is 84.3 Å². The monoisotopic (exact) mass is 370 g/mol. The summed E-state index contributed by atoms with van der Waals surface area (Å²) in [6.07, 6.45) is 1.90. The average Bonchev–Trinajstić information content (AvgIpc) is 3.04. The molecule has 142 valence electrons. The number of rotatable bonds is 8. The maximum absolute atomic E-state index is 11.9. The van der Waals surface area contributed by atoms with Gasteiger partial charge in [-0.2, -0.15) is 5.10 Å². The molecule has 1 aromatic rings. The van der Waals surface area contributed by atoms with E-state index in [1.165, 1.54) is 11.3 Å². The van der Waals surface area contributed by atoms with Crippen LogP contribution in [0.3, 0.4) is 0 Å². The highest BCUT2D eigenvalue weighted by Crippen LogP contribution is 2.16. The van der Waals surface area contributed by atoms with Crippen molar-refractivity contribution in [2.75, 3.05) is 31.6 Å². The third-order valence-electron chi connectivity index (χ3n) is 5.14. The van der Waals surface area contributed by atoms with E-state index in [0.29, 0.717) is 25.9 Å². The molecule has 1 aromatic heterocycles. The summed E-state index contributed by atoms with van der Waals surface area (Å²) in [7, 11) is -0.986. The van der Waals surface area contributed by atoms with Gasteiger partial charge in [-0.3, -0.25) is 9.48 Å². The summed E-state index contributed by atoms with van der Waals surface area (Å²) in [4.78, 5) is 13.9. The van der Waals surface area contributed by atoms with E-state index < -0.39 is 9.84 Å². The molecule has 1 N–H and O–H groups in total. The lowest BCUT2D eigenvalue weighted by Crippen LogP contribution is -2.36. The molecule has 0 saturated carbocycles. The van der Waals surface area contributed by atoms with Crippen LogP contribution in [0, 0.1) is 20.8 Å². The zero-order chi connectivity index (χ0) is 18.6. The predicted molar refractivity (Wildman–Crippen MR) is 98.4 cm³/mol. The number of carbonyl (C=O) groups excluding carboxylic acids is 1. The van der Waals surface area contributed by atoms with Crippen molar-refractivity contribution in [2.45, 2.75) is 52.6 Å². The van der Waals surface area contributed by atoms with Gasteiger partial charge in [-0.15, -0.1) is 0 Å². The Bertz CT molecular complexity index is 712. The summed E-state index contributed by atoms with van der Waals surface area (Å²) in [5.41, 5.74) is 3.46. The minimum absolute atomic E-state index is 0.0113. The van der Waals surface area contributed by atoms with Crippen LogP contribution in [0.1, 0.15) is 36.2 Å². The fourth-order valence-corrected chi connectivity index (χ4v) is 4.94. The minimum Gasteiger partial charge on any atom is -0.356 e.